The van der Waals surface area contributed by atoms with Gasteiger partial charge in [0.2, 0.25) is 0 Å². The molecule has 1 aliphatic rings. The number of pyridine rings is 1. The maximum absolute atomic E-state index is 11.9. The van der Waals surface area contributed by atoms with E-state index in [9.17, 15) is 4.79 Å². The van der Waals surface area contributed by atoms with Crippen molar-refractivity contribution in [3.63, 3.8) is 0 Å². The van der Waals surface area contributed by atoms with Crippen molar-refractivity contribution in [1.82, 2.24) is 14.7 Å². The lowest BCUT2D eigenvalue weighted by Crippen LogP contribution is -2.44. The Balaban J connectivity index is 1.70. The van der Waals surface area contributed by atoms with E-state index in [1.807, 2.05) is 18.2 Å². The second kappa shape index (κ2) is 5.11. The van der Waals surface area contributed by atoms with Crippen LogP contribution in [0.15, 0.2) is 35.3 Å². The van der Waals surface area contributed by atoms with E-state index in [2.05, 4.69) is 10.3 Å². The molecule has 2 heterocycles. The number of fused-ring (bicyclic) bond motifs is 1. The zero-order chi connectivity index (χ0) is 13.2. The molecule has 0 atom stereocenters. The van der Waals surface area contributed by atoms with E-state index >= 15 is 0 Å². The quantitative estimate of drug-likeness (QED) is 0.888. The van der Waals surface area contributed by atoms with Crippen molar-refractivity contribution < 1.29 is 4.74 Å². The maximum Gasteiger partial charge on any atom is 0.258 e. The number of hydrogen-bond donors (Lipinski definition) is 1. The van der Waals surface area contributed by atoms with Crippen molar-refractivity contribution >= 4 is 5.65 Å². The van der Waals surface area contributed by atoms with Crippen LogP contribution in [0.25, 0.3) is 5.65 Å². The Hall–Kier alpha value is -1.72. The van der Waals surface area contributed by atoms with Crippen LogP contribution < -0.4 is 10.9 Å². The molecule has 0 aliphatic heterocycles. The van der Waals surface area contributed by atoms with Crippen molar-refractivity contribution in [3.8, 4) is 0 Å². The van der Waals surface area contributed by atoms with E-state index < -0.39 is 0 Å². The van der Waals surface area contributed by atoms with Crippen LogP contribution in [-0.2, 0) is 11.3 Å². The van der Waals surface area contributed by atoms with Crippen LogP contribution in [0.3, 0.4) is 0 Å². The average Bonchev–Trinajstić information content (AvgIpc) is 2.37. The number of nitrogens with one attached hydrogen (secondary N) is 1. The predicted molar refractivity (Wildman–Crippen MR) is 72.1 cm³/mol. The first-order valence-corrected chi connectivity index (χ1v) is 6.50. The van der Waals surface area contributed by atoms with Gasteiger partial charge >= 0.3 is 0 Å². The standard InChI is InChI=1S/C14H17N3O2/c1-19-12-6-10(7-12)15-9-11-8-14(18)17-5-3-2-4-13(17)16-11/h2-5,8,10,12,15H,6-7,9H2,1H3. The highest BCUT2D eigenvalue weighted by molar-refractivity contribution is 5.37. The van der Waals surface area contributed by atoms with E-state index in [1.165, 1.54) is 0 Å². The minimum absolute atomic E-state index is 0.0363. The third-order valence-electron chi connectivity index (χ3n) is 3.62. The number of nitrogens with zero attached hydrogens (tertiary/aromatic N) is 2. The lowest BCUT2D eigenvalue weighted by Gasteiger charge is -2.34. The normalized spacial score (nSPS) is 22.4. The summed E-state index contributed by atoms with van der Waals surface area (Å²) in [5, 5.41) is 3.40. The van der Waals surface area contributed by atoms with Crippen LogP contribution in [0, 0.1) is 0 Å². The highest BCUT2D eigenvalue weighted by atomic mass is 16.5. The number of aromatic nitrogens is 2. The number of methoxy groups -OCH3 is 1. The molecule has 0 aromatic carbocycles. The van der Waals surface area contributed by atoms with E-state index in [-0.39, 0.29) is 5.56 Å². The van der Waals surface area contributed by atoms with Gasteiger partial charge in [-0.15, -0.1) is 0 Å². The molecule has 0 spiro atoms. The summed E-state index contributed by atoms with van der Waals surface area (Å²) in [6.45, 7) is 0.627. The molecule has 2 aromatic rings. The smallest absolute Gasteiger partial charge is 0.258 e. The Kier molecular flexibility index (Phi) is 3.31. The van der Waals surface area contributed by atoms with Crippen LogP contribution in [0.4, 0.5) is 0 Å². The van der Waals surface area contributed by atoms with E-state index in [0.29, 0.717) is 24.3 Å². The van der Waals surface area contributed by atoms with Gasteiger partial charge in [0.1, 0.15) is 5.65 Å². The third kappa shape index (κ3) is 2.52. The molecule has 1 saturated carbocycles. The summed E-state index contributed by atoms with van der Waals surface area (Å²) in [5.74, 6) is 0. The maximum atomic E-state index is 11.9. The number of hydrogen-bond acceptors (Lipinski definition) is 4. The SMILES string of the molecule is COC1CC(NCc2cc(=O)n3ccccc3n2)C1. The molecule has 0 amide bonds. The van der Waals surface area contributed by atoms with Crippen molar-refractivity contribution in [2.75, 3.05) is 7.11 Å². The lowest BCUT2D eigenvalue weighted by molar-refractivity contribution is 0.0169. The average molecular weight is 259 g/mol. The monoisotopic (exact) mass is 259 g/mol. The minimum Gasteiger partial charge on any atom is -0.381 e. The zero-order valence-corrected chi connectivity index (χ0v) is 10.9. The van der Waals surface area contributed by atoms with Gasteiger partial charge < -0.3 is 10.1 Å². The topological polar surface area (TPSA) is 55.6 Å². The van der Waals surface area contributed by atoms with Gasteiger partial charge in [0.25, 0.3) is 5.56 Å². The van der Waals surface area contributed by atoms with Gasteiger partial charge in [0.15, 0.2) is 0 Å². The summed E-state index contributed by atoms with van der Waals surface area (Å²) in [6, 6.07) is 7.62. The Morgan fingerprint density at radius 2 is 2.32 bits per heavy atom. The third-order valence-corrected chi connectivity index (χ3v) is 3.62. The van der Waals surface area contributed by atoms with Gasteiger partial charge in [-0.25, -0.2) is 4.98 Å². The molecule has 1 fully saturated rings. The molecule has 0 unspecified atom stereocenters. The zero-order valence-electron chi connectivity index (χ0n) is 10.9. The molecule has 5 nitrogen and oxygen atoms in total. The Bertz CT molecular complexity index is 632. The van der Waals surface area contributed by atoms with Crippen LogP contribution in [0.2, 0.25) is 0 Å². The molecular weight excluding hydrogens is 242 g/mol. The molecule has 5 heteroatoms. The Labute approximate surface area is 111 Å². The van der Waals surface area contributed by atoms with Crippen molar-refractivity contribution in [2.45, 2.75) is 31.5 Å². The number of ether oxygens (including phenoxy) is 1. The van der Waals surface area contributed by atoms with Gasteiger partial charge in [-0.1, -0.05) is 6.07 Å². The highest BCUT2D eigenvalue weighted by Crippen LogP contribution is 2.22. The van der Waals surface area contributed by atoms with E-state index in [1.54, 1.807) is 23.8 Å². The fraction of sp³-hybridized carbons (Fsp3) is 0.429. The van der Waals surface area contributed by atoms with Gasteiger partial charge in [-0.2, -0.15) is 0 Å². The van der Waals surface area contributed by atoms with Gasteiger partial charge in [0, 0.05) is 32.0 Å². The largest absolute Gasteiger partial charge is 0.381 e. The molecule has 19 heavy (non-hydrogen) atoms. The first kappa shape index (κ1) is 12.3. The highest BCUT2D eigenvalue weighted by Gasteiger charge is 2.28. The fourth-order valence-electron chi connectivity index (χ4n) is 2.37. The van der Waals surface area contributed by atoms with Gasteiger partial charge in [-0.05, 0) is 25.0 Å². The summed E-state index contributed by atoms with van der Waals surface area (Å²) < 4.78 is 6.79. The molecule has 1 N–H and O–H groups in total. The van der Waals surface area contributed by atoms with Gasteiger partial charge in [0.05, 0.1) is 11.8 Å². The second-order valence-corrected chi connectivity index (χ2v) is 4.92. The first-order chi connectivity index (χ1) is 9.26. The summed E-state index contributed by atoms with van der Waals surface area (Å²) >= 11 is 0. The molecule has 0 saturated heterocycles. The minimum atomic E-state index is -0.0363. The van der Waals surface area contributed by atoms with Crippen LogP contribution >= 0.6 is 0 Å². The molecular formula is C14H17N3O2. The van der Waals surface area contributed by atoms with Crippen molar-refractivity contribution in [1.29, 1.82) is 0 Å². The molecule has 0 radical (unpaired) electrons. The van der Waals surface area contributed by atoms with Crippen LogP contribution in [-0.4, -0.2) is 28.6 Å². The number of rotatable bonds is 4. The summed E-state index contributed by atoms with van der Waals surface area (Å²) in [7, 11) is 1.74. The van der Waals surface area contributed by atoms with Crippen LogP contribution in [0.1, 0.15) is 18.5 Å². The van der Waals surface area contributed by atoms with E-state index in [4.69, 9.17) is 4.74 Å². The van der Waals surface area contributed by atoms with Crippen molar-refractivity contribution in [2.24, 2.45) is 0 Å². The van der Waals surface area contributed by atoms with E-state index in [0.717, 1.165) is 18.5 Å². The molecule has 2 aromatic heterocycles. The first-order valence-electron chi connectivity index (χ1n) is 6.50. The Morgan fingerprint density at radius 3 is 3.11 bits per heavy atom. The summed E-state index contributed by atoms with van der Waals surface area (Å²) in [5.41, 5.74) is 1.44. The molecule has 1 aliphatic carbocycles. The fourth-order valence-corrected chi connectivity index (χ4v) is 2.37. The lowest BCUT2D eigenvalue weighted by atomic mass is 9.89. The summed E-state index contributed by atoms with van der Waals surface area (Å²) in [6.07, 6.45) is 4.18. The summed E-state index contributed by atoms with van der Waals surface area (Å²) in [4.78, 5) is 16.4. The second-order valence-electron chi connectivity index (χ2n) is 4.92. The molecule has 100 valence electrons. The molecule has 0 bridgehead atoms. The Morgan fingerprint density at radius 1 is 1.47 bits per heavy atom. The predicted octanol–water partition coefficient (Wildman–Crippen LogP) is 0.961. The van der Waals surface area contributed by atoms with Gasteiger partial charge in [-0.3, -0.25) is 9.20 Å². The van der Waals surface area contributed by atoms with Crippen molar-refractivity contribution in [3.05, 3.63) is 46.5 Å². The van der Waals surface area contributed by atoms with Crippen LogP contribution in [0.5, 0.6) is 0 Å². The molecule has 3 rings (SSSR count).